The van der Waals surface area contributed by atoms with Gasteiger partial charge in [0.25, 0.3) is 0 Å². The van der Waals surface area contributed by atoms with Crippen molar-refractivity contribution in [3.8, 4) is 0 Å². The van der Waals surface area contributed by atoms with Gasteiger partial charge < -0.3 is 15.1 Å². The van der Waals surface area contributed by atoms with Crippen LogP contribution in [0.25, 0.3) is 10.8 Å². The molecule has 1 heterocycles. The van der Waals surface area contributed by atoms with Gasteiger partial charge in [0.1, 0.15) is 0 Å². The smallest absolute Gasteiger partial charge is 0.407 e. The Morgan fingerprint density at radius 2 is 1.95 bits per heavy atom. The molecule has 0 spiro atoms. The summed E-state index contributed by atoms with van der Waals surface area (Å²) < 4.78 is 0. The Morgan fingerprint density at radius 1 is 1.19 bits per heavy atom. The average molecular weight is 285 g/mol. The molecule has 21 heavy (non-hydrogen) atoms. The number of carboxylic acid groups (broad SMARTS) is 1. The third kappa shape index (κ3) is 2.72. The van der Waals surface area contributed by atoms with Gasteiger partial charge in [0, 0.05) is 19.0 Å². The standard InChI is InChI=1S/C17H19NO3/c19-16(13-7-4-10-18(11-13)17(20)21)15-9-3-6-12-5-1-2-8-14(12)15/h1-3,5-6,8-9,13,16,19H,4,7,10-11H2,(H,20,21). The van der Waals surface area contributed by atoms with E-state index in [4.69, 9.17) is 5.11 Å². The molecule has 2 N–H and O–H groups in total. The van der Waals surface area contributed by atoms with E-state index in [2.05, 4.69) is 0 Å². The lowest BCUT2D eigenvalue weighted by Gasteiger charge is -2.33. The van der Waals surface area contributed by atoms with Gasteiger partial charge in [-0.2, -0.15) is 0 Å². The van der Waals surface area contributed by atoms with Crippen molar-refractivity contribution in [2.24, 2.45) is 5.92 Å². The van der Waals surface area contributed by atoms with Crippen LogP contribution in [-0.2, 0) is 0 Å². The van der Waals surface area contributed by atoms with Gasteiger partial charge in [0.05, 0.1) is 6.10 Å². The van der Waals surface area contributed by atoms with Crippen LogP contribution in [0.2, 0.25) is 0 Å². The molecule has 1 aliphatic rings. The zero-order chi connectivity index (χ0) is 14.8. The fourth-order valence-electron chi connectivity index (χ4n) is 3.20. The monoisotopic (exact) mass is 285 g/mol. The molecule has 2 aromatic carbocycles. The predicted molar refractivity (Wildman–Crippen MR) is 81.2 cm³/mol. The van der Waals surface area contributed by atoms with Gasteiger partial charge in [0.15, 0.2) is 0 Å². The molecule has 0 aromatic heterocycles. The number of amides is 1. The predicted octanol–water partition coefficient (Wildman–Crippen LogP) is 3.26. The van der Waals surface area contributed by atoms with Crippen LogP contribution in [0.1, 0.15) is 24.5 Å². The highest BCUT2D eigenvalue weighted by atomic mass is 16.4. The van der Waals surface area contributed by atoms with Crippen LogP contribution >= 0.6 is 0 Å². The molecule has 2 unspecified atom stereocenters. The summed E-state index contributed by atoms with van der Waals surface area (Å²) in [7, 11) is 0. The summed E-state index contributed by atoms with van der Waals surface area (Å²) in [6, 6.07) is 13.9. The average Bonchev–Trinajstić information content (AvgIpc) is 2.53. The van der Waals surface area contributed by atoms with Crippen LogP contribution in [-0.4, -0.2) is 34.3 Å². The van der Waals surface area contributed by atoms with Crippen molar-refractivity contribution in [2.75, 3.05) is 13.1 Å². The first-order chi connectivity index (χ1) is 10.2. The maximum absolute atomic E-state index is 11.1. The summed E-state index contributed by atoms with van der Waals surface area (Å²) in [5, 5.41) is 22.0. The number of carbonyl (C=O) groups is 1. The van der Waals surface area contributed by atoms with Gasteiger partial charge in [0.2, 0.25) is 0 Å². The minimum atomic E-state index is -0.898. The lowest BCUT2D eigenvalue weighted by atomic mass is 9.86. The molecule has 4 nitrogen and oxygen atoms in total. The topological polar surface area (TPSA) is 60.8 Å². The molecule has 1 aliphatic heterocycles. The number of aliphatic hydroxyl groups excluding tert-OH is 1. The van der Waals surface area contributed by atoms with Gasteiger partial charge in [-0.15, -0.1) is 0 Å². The quantitative estimate of drug-likeness (QED) is 0.890. The fraction of sp³-hybridized carbons (Fsp3) is 0.353. The lowest BCUT2D eigenvalue weighted by molar-refractivity contribution is 0.0511. The first kappa shape index (κ1) is 13.9. The van der Waals surface area contributed by atoms with E-state index < -0.39 is 12.2 Å². The molecule has 0 bridgehead atoms. The van der Waals surface area contributed by atoms with Gasteiger partial charge in [-0.25, -0.2) is 4.79 Å². The Labute approximate surface area is 123 Å². The molecule has 0 radical (unpaired) electrons. The summed E-state index contributed by atoms with van der Waals surface area (Å²) in [4.78, 5) is 12.5. The highest BCUT2D eigenvalue weighted by molar-refractivity contribution is 5.86. The van der Waals surface area contributed by atoms with E-state index in [0.29, 0.717) is 13.1 Å². The molecule has 1 amide bonds. The largest absolute Gasteiger partial charge is 0.465 e. The zero-order valence-corrected chi connectivity index (χ0v) is 11.8. The second-order valence-corrected chi connectivity index (χ2v) is 5.64. The highest BCUT2D eigenvalue weighted by Gasteiger charge is 2.29. The molecule has 110 valence electrons. The fourth-order valence-corrected chi connectivity index (χ4v) is 3.20. The number of benzene rings is 2. The first-order valence-corrected chi connectivity index (χ1v) is 7.30. The number of likely N-dealkylation sites (tertiary alicyclic amines) is 1. The Balaban J connectivity index is 1.90. The number of fused-ring (bicyclic) bond motifs is 1. The van der Waals surface area contributed by atoms with E-state index in [1.807, 2.05) is 42.5 Å². The minimum absolute atomic E-state index is 0.0411. The van der Waals surface area contributed by atoms with E-state index in [1.165, 1.54) is 4.90 Å². The van der Waals surface area contributed by atoms with Crippen molar-refractivity contribution in [1.29, 1.82) is 0 Å². The molecular weight excluding hydrogens is 266 g/mol. The Hall–Kier alpha value is -2.07. The molecule has 1 fully saturated rings. The van der Waals surface area contributed by atoms with Crippen molar-refractivity contribution < 1.29 is 15.0 Å². The van der Waals surface area contributed by atoms with Gasteiger partial charge in [-0.1, -0.05) is 42.5 Å². The summed E-state index contributed by atoms with van der Waals surface area (Å²) in [5.41, 5.74) is 0.894. The SMILES string of the molecule is O=C(O)N1CCCC(C(O)c2cccc3ccccc23)C1. The second kappa shape index (κ2) is 5.74. The molecular formula is C17H19NO3. The minimum Gasteiger partial charge on any atom is -0.465 e. The summed E-state index contributed by atoms with van der Waals surface area (Å²) >= 11 is 0. The van der Waals surface area contributed by atoms with E-state index in [-0.39, 0.29) is 5.92 Å². The van der Waals surface area contributed by atoms with Crippen molar-refractivity contribution >= 4 is 16.9 Å². The normalized spacial score (nSPS) is 20.4. The van der Waals surface area contributed by atoms with E-state index in [9.17, 15) is 9.90 Å². The molecule has 3 rings (SSSR count). The molecule has 0 aliphatic carbocycles. The molecule has 2 aromatic rings. The number of hydrogen-bond acceptors (Lipinski definition) is 2. The number of hydrogen-bond donors (Lipinski definition) is 2. The number of nitrogens with zero attached hydrogens (tertiary/aromatic N) is 1. The van der Waals surface area contributed by atoms with Crippen LogP contribution in [0.3, 0.4) is 0 Å². The summed E-state index contributed by atoms with van der Waals surface area (Å²) in [6.45, 7) is 0.966. The van der Waals surface area contributed by atoms with Crippen molar-refractivity contribution in [3.63, 3.8) is 0 Å². The zero-order valence-electron chi connectivity index (χ0n) is 11.8. The first-order valence-electron chi connectivity index (χ1n) is 7.30. The van der Waals surface area contributed by atoms with Crippen molar-refractivity contribution in [1.82, 2.24) is 4.90 Å². The van der Waals surface area contributed by atoms with E-state index in [0.717, 1.165) is 29.2 Å². The Morgan fingerprint density at radius 3 is 2.76 bits per heavy atom. The van der Waals surface area contributed by atoms with E-state index in [1.54, 1.807) is 0 Å². The lowest BCUT2D eigenvalue weighted by Crippen LogP contribution is -2.40. The Kier molecular flexibility index (Phi) is 3.80. The van der Waals surface area contributed by atoms with Crippen LogP contribution in [0.5, 0.6) is 0 Å². The van der Waals surface area contributed by atoms with Crippen molar-refractivity contribution in [3.05, 3.63) is 48.0 Å². The molecule has 4 heteroatoms. The number of piperidine rings is 1. The number of rotatable bonds is 2. The van der Waals surface area contributed by atoms with E-state index >= 15 is 0 Å². The number of aliphatic hydroxyl groups is 1. The van der Waals surface area contributed by atoms with Gasteiger partial charge in [-0.05, 0) is 29.2 Å². The molecule has 1 saturated heterocycles. The maximum Gasteiger partial charge on any atom is 0.407 e. The van der Waals surface area contributed by atoms with Crippen LogP contribution in [0, 0.1) is 5.92 Å². The summed E-state index contributed by atoms with van der Waals surface area (Å²) in [5.74, 6) is -0.0411. The molecule has 2 atom stereocenters. The van der Waals surface area contributed by atoms with Crippen LogP contribution in [0.15, 0.2) is 42.5 Å². The van der Waals surface area contributed by atoms with Gasteiger partial charge in [-0.3, -0.25) is 0 Å². The van der Waals surface area contributed by atoms with Crippen LogP contribution in [0.4, 0.5) is 4.79 Å². The second-order valence-electron chi connectivity index (χ2n) is 5.64. The highest BCUT2D eigenvalue weighted by Crippen LogP contribution is 2.33. The Bertz CT molecular complexity index is 650. The molecule has 0 saturated carbocycles. The van der Waals surface area contributed by atoms with Gasteiger partial charge >= 0.3 is 6.09 Å². The third-order valence-electron chi connectivity index (χ3n) is 4.32. The maximum atomic E-state index is 11.1. The van der Waals surface area contributed by atoms with Crippen LogP contribution < -0.4 is 0 Å². The third-order valence-corrected chi connectivity index (χ3v) is 4.32. The summed E-state index contributed by atoms with van der Waals surface area (Å²) in [6.07, 6.45) is 0.135. The van der Waals surface area contributed by atoms with Crippen molar-refractivity contribution in [2.45, 2.75) is 18.9 Å².